The molecule has 0 aliphatic heterocycles. The van der Waals surface area contributed by atoms with Crippen LogP contribution >= 0.6 is 0 Å². The Morgan fingerprint density at radius 2 is 1.31 bits per heavy atom. The van der Waals surface area contributed by atoms with E-state index in [9.17, 15) is 23.5 Å². The van der Waals surface area contributed by atoms with Crippen LogP contribution in [0.25, 0.3) is 0 Å². The van der Waals surface area contributed by atoms with Gasteiger partial charge in [-0.25, -0.2) is 0 Å². The van der Waals surface area contributed by atoms with Gasteiger partial charge in [0.2, 0.25) is 0 Å². The van der Waals surface area contributed by atoms with Gasteiger partial charge in [-0.05, 0) is 99.0 Å². The minimum Gasteiger partial charge on any atom is -0.390 e. The number of carbonyl (C=O) groups excluding carboxylic acids is 2. The molecule has 1 aliphatic carbocycles. The van der Waals surface area contributed by atoms with Crippen LogP contribution in [0.1, 0.15) is 92.9 Å². The number of Topliss-reactive ketones (excluding diaryl/α,β-unsaturated/α-hetero) is 2. The number of halogens is 2. The highest BCUT2D eigenvalue weighted by molar-refractivity contribution is 6.24. The summed E-state index contributed by atoms with van der Waals surface area (Å²) in [5.41, 5.74) is 3.45. The molecule has 1 rings (SSSR count). The molecule has 0 radical (unpaired) electrons. The fourth-order valence-corrected chi connectivity index (χ4v) is 3.76. The van der Waals surface area contributed by atoms with Crippen molar-refractivity contribution in [2.24, 2.45) is 0 Å². The summed E-state index contributed by atoms with van der Waals surface area (Å²) < 4.78 is 24.1. The van der Waals surface area contributed by atoms with Crippen LogP contribution in [0.15, 0.2) is 57.7 Å². The molecule has 0 aromatic rings. The fourth-order valence-electron chi connectivity index (χ4n) is 3.76. The molecule has 32 heavy (non-hydrogen) atoms. The van der Waals surface area contributed by atoms with E-state index in [2.05, 4.69) is 19.1 Å². The van der Waals surface area contributed by atoms with Crippen molar-refractivity contribution >= 4 is 11.6 Å². The third kappa shape index (κ3) is 9.15. The van der Waals surface area contributed by atoms with E-state index in [0.29, 0.717) is 54.4 Å². The van der Waals surface area contributed by atoms with Crippen molar-refractivity contribution in [2.45, 2.75) is 98.5 Å². The second-order valence-corrected chi connectivity index (χ2v) is 9.22. The Hall–Kier alpha value is -2.14. The maximum Gasteiger partial charge on any atom is 0.266 e. The molecule has 0 aromatic carbocycles. The van der Waals surface area contributed by atoms with Crippen molar-refractivity contribution in [3.05, 3.63) is 57.7 Å². The number of rotatable bonds is 12. The summed E-state index contributed by atoms with van der Waals surface area (Å²) in [6.07, 6.45) is 8.41. The maximum atomic E-state index is 12.5. The van der Waals surface area contributed by atoms with Gasteiger partial charge in [-0.1, -0.05) is 23.3 Å². The monoisotopic (exact) mass is 448 g/mol. The highest BCUT2D eigenvalue weighted by Gasteiger charge is 2.29. The highest BCUT2D eigenvalue weighted by Crippen LogP contribution is 2.30. The Morgan fingerprint density at radius 3 is 1.88 bits per heavy atom. The largest absolute Gasteiger partial charge is 0.390 e. The zero-order valence-corrected chi connectivity index (χ0v) is 20.4. The number of hydrogen-bond acceptors (Lipinski definition) is 3. The zero-order valence-electron chi connectivity index (χ0n) is 20.4. The van der Waals surface area contributed by atoms with Gasteiger partial charge in [0, 0.05) is 22.3 Å². The maximum absolute atomic E-state index is 12.5. The first kappa shape index (κ1) is 27.9. The summed E-state index contributed by atoms with van der Waals surface area (Å²) in [6, 6.07) is 0. The van der Waals surface area contributed by atoms with Crippen LogP contribution in [0.5, 0.6) is 0 Å². The minimum absolute atomic E-state index is 0.0781. The average Bonchev–Trinajstić information content (AvgIpc) is 2.70. The van der Waals surface area contributed by atoms with Crippen molar-refractivity contribution in [3.8, 4) is 0 Å². The van der Waals surface area contributed by atoms with Crippen molar-refractivity contribution in [1.29, 1.82) is 0 Å². The topological polar surface area (TPSA) is 54.4 Å². The summed E-state index contributed by atoms with van der Waals surface area (Å²) in [4.78, 5) is 24.8. The third-order valence-corrected chi connectivity index (χ3v) is 6.27. The first-order valence-corrected chi connectivity index (χ1v) is 11.4. The third-order valence-electron chi connectivity index (χ3n) is 6.27. The molecule has 0 unspecified atom stereocenters. The van der Waals surface area contributed by atoms with E-state index in [0.717, 1.165) is 30.9 Å². The Balaban J connectivity index is 2.49. The molecule has 0 saturated carbocycles. The van der Waals surface area contributed by atoms with E-state index < -0.39 is 11.7 Å². The second-order valence-electron chi connectivity index (χ2n) is 9.22. The minimum atomic E-state index is -1.62. The normalized spacial score (nSPS) is 17.8. The molecular weight excluding hydrogens is 410 g/mol. The lowest BCUT2D eigenvalue weighted by molar-refractivity contribution is -0.116. The van der Waals surface area contributed by atoms with Crippen molar-refractivity contribution in [1.82, 2.24) is 0 Å². The second kappa shape index (κ2) is 12.8. The summed E-state index contributed by atoms with van der Waals surface area (Å²) in [5.74, 6) is -0.161. The molecular formula is C27H38F2O3. The van der Waals surface area contributed by atoms with Crippen molar-refractivity contribution in [2.75, 3.05) is 0 Å². The molecule has 1 aliphatic rings. The number of allylic oxidation sites excluding steroid dienone is 9. The molecule has 0 spiro atoms. The highest BCUT2D eigenvalue weighted by atomic mass is 19.3. The smallest absolute Gasteiger partial charge is 0.266 e. The van der Waals surface area contributed by atoms with Gasteiger partial charge in [0.25, 0.3) is 6.08 Å². The van der Waals surface area contributed by atoms with Crippen molar-refractivity contribution in [3.63, 3.8) is 0 Å². The zero-order chi connectivity index (χ0) is 24.5. The van der Waals surface area contributed by atoms with E-state index >= 15 is 0 Å². The molecule has 0 amide bonds. The molecule has 1 N–H and O–H groups in total. The number of aliphatic hydroxyl groups is 1. The van der Waals surface area contributed by atoms with E-state index in [1.807, 2.05) is 6.92 Å². The van der Waals surface area contributed by atoms with Gasteiger partial charge in [-0.3, -0.25) is 9.59 Å². The van der Waals surface area contributed by atoms with Crippen LogP contribution in [0.2, 0.25) is 0 Å². The number of carbonyl (C=O) groups is 2. The summed E-state index contributed by atoms with van der Waals surface area (Å²) in [6.45, 7) is 10.8. The van der Waals surface area contributed by atoms with Crippen LogP contribution in [0.4, 0.5) is 8.78 Å². The molecule has 3 nitrogen and oxygen atoms in total. The molecule has 0 saturated heterocycles. The van der Waals surface area contributed by atoms with Crippen LogP contribution in [-0.4, -0.2) is 22.3 Å². The van der Waals surface area contributed by atoms with Gasteiger partial charge in [-0.2, -0.15) is 8.78 Å². The summed E-state index contributed by atoms with van der Waals surface area (Å²) in [5, 5.41) is 10.8. The summed E-state index contributed by atoms with van der Waals surface area (Å²) >= 11 is 0. The van der Waals surface area contributed by atoms with Gasteiger partial charge in [0.05, 0.1) is 5.60 Å². The molecule has 0 heterocycles. The van der Waals surface area contributed by atoms with Gasteiger partial charge in [-0.15, -0.1) is 0 Å². The molecule has 0 fully saturated rings. The Kier molecular flexibility index (Phi) is 11.1. The average molecular weight is 449 g/mol. The van der Waals surface area contributed by atoms with Gasteiger partial charge >= 0.3 is 0 Å². The Morgan fingerprint density at radius 1 is 0.812 bits per heavy atom. The van der Waals surface area contributed by atoms with E-state index in [-0.39, 0.29) is 11.6 Å². The fraction of sp³-hybridized carbons (Fsp3) is 0.556. The van der Waals surface area contributed by atoms with Gasteiger partial charge in [0.1, 0.15) is 0 Å². The van der Waals surface area contributed by atoms with E-state index in [4.69, 9.17) is 0 Å². The molecule has 5 heteroatoms. The van der Waals surface area contributed by atoms with Gasteiger partial charge in [0.15, 0.2) is 11.6 Å². The first-order chi connectivity index (χ1) is 14.9. The van der Waals surface area contributed by atoms with Crippen LogP contribution < -0.4 is 0 Å². The lowest BCUT2D eigenvalue weighted by Gasteiger charge is -2.25. The van der Waals surface area contributed by atoms with Crippen molar-refractivity contribution < 1.29 is 23.5 Å². The van der Waals surface area contributed by atoms with Crippen LogP contribution in [0.3, 0.4) is 0 Å². The molecule has 178 valence electrons. The Bertz CT molecular complexity index is 863. The molecule has 1 atom stereocenters. The predicted octanol–water partition coefficient (Wildman–Crippen LogP) is 7.34. The Labute approximate surface area is 191 Å². The van der Waals surface area contributed by atoms with Gasteiger partial charge < -0.3 is 5.11 Å². The molecule has 0 aromatic heterocycles. The predicted molar refractivity (Wildman–Crippen MR) is 126 cm³/mol. The quantitative estimate of drug-likeness (QED) is 0.251. The number of hydrogen-bond donors (Lipinski definition) is 1. The van der Waals surface area contributed by atoms with E-state index in [1.54, 1.807) is 27.7 Å². The van der Waals surface area contributed by atoms with Crippen LogP contribution in [-0.2, 0) is 9.59 Å². The molecule has 0 bridgehead atoms. The lowest BCUT2D eigenvalue weighted by Crippen LogP contribution is -2.26. The number of ketones is 2. The van der Waals surface area contributed by atoms with Crippen LogP contribution in [0, 0.1) is 0 Å². The summed E-state index contributed by atoms with van der Waals surface area (Å²) in [7, 11) is 0. The van der Waals surface area contributed by atoms with E-state index in [1.165, 1.54) is 5.57 Å². The first-order valence-electron chi connectivity index (χ1n) is 11.4. The lowest BCUT2D eigenvalue weighted by atomic mass is 9.82. The SMILES string of the molecule is CC1=C(C)C(=O)C(CC[C@](C)(O)CC/C=C(\C)CC/C=C(\C)CCC=C(F)F)=C(C)C1=O. The standard InChI is InChI=1S/C27H38F2O3/c1-18(12-8-14-24(28)29)10-7-11-19(2)13-9-16-27(6,32)17-15-23-22(5)25(30)20(3)21(4)26(23)31/h10,13-14,32H,7-9,11-12,15-17H2,1-6H3/b18-10+,19-13+/t27-/m1/s1.